The summed E-state index contributed by atoms with van der Waals surface area (Å²) in [6.07, 6.45) is 1.31. The largest absolute Gasteiger partial charge is 0.372 e. The fraction of sp³-hybridized carbons (Fsp3) is 0.458. The van der Waals surface area contributed by atoms with Gasteiger partial charge >= 0.3 is 0 Å². The van der Waals surface area contributed by atoms with Crippen LogP contribution >= 0.6 is 23.2 Å². The summed E-state index contributed by atoms with van der Waals surface area (Å²) in [4.78, 5) is 15.0. The molecule has 180 valence electrons. The molecule has 2 aromatic carbocycles. The van der Waals surface area contributed by atoms with E-state index in [1.807, 2.05) is 12.1 Å². The summed E-state index contributed by atoms with van der Waals surface area (Å²) in [7, 11) is -3.60. The maximum atomic E-state index is 13.0. The molecule has 1 atom stereocenters. The van der Waals surface area contributed by atoms with Gasteiger partial charge in [-0.25, -0.2) is 12.7 Å². The zero-order chi connectivity index (χ0) is 24.0. The normalized spacial score (nSPS) is 17.0. The van der Waals surface area contributed by atoms with E-state index in [9.17, 15) is 13.2 Å². The highest BCUT2D eigenvalue weighted by atomic mass is 35.5. The van der Waals surface area contributed by atoms with Crippen molar-refractivity contribution in [2.24, 2.45) is 5.92 Å². The predicted molar refractivity (Wildman–Crippen MR) is 135 cm³/mol. The molecule has 1 aliphatic heterocycles. The molecule has 1 saturated heterocycles. The van der Waals surface area contributed by atoms with E-state index in [4.69, 9.17) is 23.2 Å². The predicted octanol–water partition coefficient (Wildman–Crippen LogP) is 4.70. The van der Waals surface area contributed by atoms with Gasteiger partial charge in [0, 0.05) is 48.5 Å². The molecule has 1 heterocycles. The summed E-state index contributed by atoms with van der Waals surface area (Å²) in [5.41, 5.74) is 2.67. The van der Waals surface area contributed by atoms with Gasteiger partial charge in [-0.2, -0.15) is 0 Å². The van der Waals surface area contributed by atoms with E-state index in [-0.39, 0.29) is 24.1 Å². The topological polar surface area (TPSA) is 69.7 Å². The van der Waals surface area contributed by atoms with Crippen LogP contribution in [-0.4, -0.2) is 44.8 Å². The number of amides is 1. The highest BCUT2D eigenvalue weighted by Gasteiger charge is 2.32. The molecule has 0 unspecified atom stereocenters. The first-order valence-electron chi connectivity index (χ1n) is 11.3. The first-order chi connectivity index (χ1) is 15.7. The Kier molecular flexibility index (Phi) is 9.04. The summed E-state index contributed by atoms with van der Waals surface area (Å²) >= 11 is 12.1. The van der Waals surface area contributed by atoms with E-state index < -0.39 is 10.0 Å². The minimum Gasteiger partial charge on any atom is -0.372 e. The lowest BCUT2D eigenvalue weighted by Gasteiger charge is -2.31. The fourth-order valence-electron chi connectivity index (χ4n) is 4.08. The first kappa shape index (κ1) is 25.8. The Morgan fingerprint density at radius 3 is 2.45 bits per heavy atom. The zero-order valence-electron chi connectivity index (χ0n) is 19.1. The van der Waals surface area contributed by atoms with Gasteiger partial charge in [0.05, 0.1) is 11.7 Å². The number of nitrogens with zero attached hydrogens (tertiary/aromatic N) is 2. The van der Waals surface area contributed by atoms with Crippen LogP contribution in [0, 0.1) is 5.92 Å². The standard InChI is InChI=1S/C24H31Cl2N3O3S/c1-3-28(4-2)22-11-7-18(8-12-22)15-27-24(30)19-6-5-13-29(16-19)33(31,32)17-20-9-10-21(25)14-23(20)26/h7-12,14,19H,3-6,13,15-17H2,1-2H3,(H,27,30)/t19-/m0/s1. The second kappa shape index (κ2) is 11.6. The van der Waals surface area contributed by atoms with Crippen molar-refractivity contribution in [3.8, 4) is 0 Å². The van der Waals surface area contributed by atoms with E-state index in [1.54, 1.807) is 12.1 Å². The van der Waals surface area contributed by atoms with Crippen molar-refractivity contribution in [3.63, 3.8) is 0 Å². The SMILES string of the molecule is CCN(CC)c1ccc(CNC(=O)[C@H]2CCCN(S(=O)(=O)Cc3ccc(Cl)cc3Cl)C2)cc1. The third-order valence-electron chi connectivity index (χ3n) is 6.03. The number of piperidine rings is 1. The minimum atomic E-state index is -3.60. The maximum absolute atomic E-state index is 13.0. The summed E-state index contributed by atoms with van der Waals surface area (Å²) < 4.78 is 27.4. The molecule has 1 amide bonds. The molecular formula is C24H31Cl2N3O3S. The smallest absolute Gasteiger partial charge is 0.224 e. The van der Waals surface area contributed by atoms with Gasteiger partial charge in [0.15, 0.2) is 0 Å². The molecule has 0 radical (unpaired) electrons. The van der Waals surface area contributed by atoms with Crippen molar-refractivity contribution >= 4 is 44.8 Å². The highest BCUT2D eigenvalue weighted by Crippen LogP contribution is 2.26. The molecule has 6 nitrogen and oxygen atoms in total. The molecule has 33 heavy (non-hydrogen) atoms. The van der Waals surface area contributed by atoms with Crippen LogP contribution in [0.3, 0.4) is 0 Å². The number of carbonyl (C=O) groups is 1. The monoisotopic (exact) mass is 511 g/mol. The van der Waals surface area contributed by atoms with Crippen molar-refractivity contribution in [1.29, 1.82) is 0 Å². The van der Waals surface area contributed by atoms with Gasteiger partial charge in [0.25, 0.3) is 0 Å². The third-order valence-corrected chi connectivity index (χ3v) is 8.41. The van der Waals surface area contributed by atoms with Crippen molar-refractivity contribution in [3.05, 3.63) is 63.6 Å². The van der Waals surface area contributed by atoms with Crippen LogP contribution < -0.4 is 10.2 Å². The molecule has 1 fully saturated rings. The van der Waals surface area contributed by atoms with E-state index in [2.05, 4.69) is 36.2 Å². The van der Waals surface area contributed by atoms with E-state index >= 15 is 0 Å². The van der Waals surface area contributed by atoms with E-state index in [0.29, 0.717) is 41.5 Å². The first-order valence-corrected chi connectivity index (χ1v) is 13.6. The molecule has 2 aromatic rings. The third kappa shape index (κ3) is 6.85. The minimum absolute atomic E-state index is 0.118. The second-order valence-electron chi connectivity index (χ2n) is 8.25. The molecule has 1 aliphatic rings. The number of nitrogens with one attached hydrogen (secondary N) is 1. The average molecular weight is 513 g/mol. The quantitative estimate of drug-likeness (QED) is 0.529. The lowest BCUT2D eigenvalue weighted by Crippen LogP contribution is -2.45. The number of benzene rings is 2. The van der Waals surface area contributed by atoms with Crippen LogP contribution in [-0.2, 0) is 27.1 Å². The van der Waals surface area contributed by atoms with Crippen LogP contribution in [0.4, 0.5) is 5.69 Å². The Hall–Kier alpha value is -1.80. The number of sulfonamides is 1. The van der Waals surface area contributed by atoms with Gasteiger partial charge in [-0.1, -0.05) is 41.4 Å². The number of halogens is 2. The Labute approximate surface area is 206 Å². The van der Waals surface area contributed by atoms with Gasteiger partial charge in [-0.05, 0) is 62.1 Å². The summed E-state index contributed by atoms with van der Waals surface area (Å²) in [6, 6.07) is 12.9. The Morgan fingerprint density at radius 1 is 1.12 bits per heavy atom. The van der Waals surface area contributed by atoms with E-state index in [1.165, 1.54) is 10.4 Å². The lowest BCUT2D eigenvalue weighted by atomic mass is 9.98. The van der Waals surface area contributed by atoms with Crippen molar-refractivity contribution in [2.75, 3.05) is 31.1 Å². The molecule has 0 spiro atoms. The van der Waals surface area contributed by atoms with Crippen LogP contribution in [0.25, 0.3) is 0 Å². The Balaban J connectivity index is 1.57. The van der Waals surface area contributed by atoms with Crippen LogP contribution in [0.15, 0.2) is 42.5 Å². The number of carbonyl (C=O) groups excluding carboxylic acids is 1. The lowest BCUT2D eigenvalue weighted by molar-refractivity contribution is -0.126. The van der Waals surface area contributed by atoms with Crippen molar-refractivity contribution in [1.82, 2.24) is 9.62 Å². The van der Waals surface area contributed by atoms with Gasteiger partial charge in [-0.15, -0.1) is 0 Å². The number of anilines is 1. The van der Waals surface area contributed by atoms with E-state index in [0.717, 1.165) is 24.3 Å². The Bertz CT molecular complexity index is 1060. The van der Waals surface area contributed by atoms with Gasteiger partial charge in [0.2, 0.25) is 15.9 Å². The molecule has 0 aliphatic carbocycles. The number of hydrogen-bond donors (Lipinski definition) is 1. The Morgan fingerprint density at radius 2 is 1.82 bits per heavy atom. The number of hydrogen-bond acceptors (Lipinski definition) is 4. The van der Waals surface area contributed by atoms with Gasteiger partial charge < -0.3 is 10.2 Å². The maximum Gasteiger partial charge on any atom is 0.224 e. The van der Waals surface area contributed by atoms with Crippen LogP contribution in [0.1, 0.15) is 37.8 Å². The zero-order valence-corrected chi connectivity index (χ0v) is 21.4. The molecule has 3 rings (SSSR count). The number of rotatable bonds is 9. The molecule has 9 heteroatoms. The average Bonchev–Trinajstić information content (AvgIpc) is 2.81. The fourth-order valence-corrected chi connectivity index (χ4v) is 6.28. The molecule has 1 N–H and O–H groups in total. The molecular weight excluding hydrogens is 481 g/mol. The molecule has 0 aromatic heterocycles. The van der Waals surface area contributed by atoms with Gasteiger partial charge in [-0.3, -0.25) is 4.79 Å². The summed E-state index contributed by atoms with van der Waals surface area (Å²) in [5.74, 6) is -0.702. The van der Waals surface area contributed by atoms with Crippen LogP contribution in [0.2, 0.25) is 10.0 Å². The second-order valence-corrected chi connectivity index (χ2v) is 11.1. The van der Waals surface area contributed by atoms with Gasteiger partial charge in [0.1, 0.15) is 0 Å². The van der Waals surface area contributed by atoms with Crippen LogP contribution in [0.5, 0.6) is 0 Å². The van der Waals surface area contributed by atoms with Crippen molar-refractivity contribution < 1.29 is 13.2 Å². The molecule has 0 saturated carbocycles. The summed E-state index contributed by atoms with van der Waals surface area (Å²) in [5, 5.41) is 3.75. The molecule has 0 bridgehead atoms. The van der Waals surface area contributed by atoms with Crippen molar-refractivity contribution in [2.45, 2.75) is 39.0 Å². The highest BCUT2D eigenvalue weighted by molar-refractivity contribution is 7.88. The summed E-state index contributed by atoms with van der Waals surface area (Å²) in [6.45, 7) is 7.13.